The fourth-order valence-electron chi connectivity index (χ4n) is 2.44. The van der Waals surface area contributed by atoms with Crippen LogP contribution in [0.3, 0.4) is 0 Å². The highest BCUT2D eigenvalue weighted by molar-refractivity contribution is 14.0. The second-order valence-corrected chi connectivity index (χ2v) is 6.07. The smallest absolute Gasteiger partial charge is 0.188 e. The summed E-state index contributed by atoms with van der Waals surface area (Å²) in [5.41, 5.74) is 7.62. The quantitative estimate of drug-likeness (QED) is 0.262. The summed E-state index contributed by atoms with van der Waals surface area (Å²) in [6, 6.07) is 19.5. The Morgan fingerprint density at radius 3 is 2.24 bits per heavy atom. The van der Waals surface area contributed by atoms with Crippen LogP contribution < -0.4 is 11.1 Å². The third kappa shape index (κ3) is 6.88. The van der Waals surface area contributed by atoms with E-state index in [2.05, 4.69) is 16.9 Å². The molecule has 25 heavy (non-hydrogen) atoms. The van der Waals surface area contributed by atoms with Gasteiger partial charge in [0, 0.05) is 13.0 Å². The molecule has 0 aliphatic heterocycles. The summed E-state index contributed by atoms with van der Waals surface area (Å²) in [5.74, 6) is 0.306. The molecule has 2 aromatic rings. The largest absolute Gasteiger partial charge is 0.383 e. The van der Waals surface area contributed by atoms with Gasteiger partial charge in [0.25, 0.3) is 0 Å². The number of hydrogen-bond donors (Lipinski definition) is 3. The zero-order chi connectivity index (χ0) is 17.4. The number of hydrogen-bond acceptors (Lipinski definition) is 2. The molecule has 0 saturated carbocycles. The van der Waals surface area contributed by atoms with Gasteiger partial charge in [-0.2, -0.15) is 0 Å². The lowest BCUT2D eigenvalue weighted by Crippen LogP contribution is -2.37. The molecule has 0 aromatic heterocycles. The third-order valence-electron chi connectivity index (χ3n) is 3.73. The zero-order valence-electron chi connectivity index (χ0n) is 14.5. The molecule has 0 bridgehead atoms. The van der Waals surface area contributed by atoms with Crippen LogP contribution in [0.5, 0.6) is 0 Å². The highest BCUT2D eigenvalue weighted by Crippen LogP contribution is 2.26. The lowest BCUT2D eigenvalue weighted by Gasteiger charge is -2.27. The summed E-state index contributed by atoms with van der Waals surface area (Å²) in [6.07, 6.45) is 0.467. The Hall–Kier alpha value is -1.86. The Balaban J connectivity index is 0.00000312. The van der Waals surface area contributed by atoms with Gasteiger partial charge in [-0.25, -0.2) is 0 Å². The van der Waals surface area contributed by atoms with E-state index in [0.717, 1.165) is 16.7 Å². The maximum absolute atomic E-state index is 11.3. The molecule has 0 radical (unpaired) electrons. The number of nitrogens with two attached hydrogens (primary N) is 1. The Morgan fingerprint density at radius 2 is 1.68 bits per heavy atom. The number of aliphatic hydroxyl groups is 1. The fraction of sp³-hybridized carbons (Fsp3) is 0.250. The zero-order valence-corrected chi connectivity index (χ0v) is 16.8. The maximum Gasteiger partial charge on any atom is 0.188 e. The molecule has 2 aromatic carbocycles. The van der Waals surface area contributed by atoms with Gasteiger partial charge in [0.2, 0.25) is 0 Å². The molecule has 0 spiro atoms. The highest BCUT2D eigenvalue weighted by atomic mass is 127. The van der Waals surface area contributed by atoms with Crippen LogP contribution in [0.15, 0.2) is 77.8 Å². The normalized spacial score (nSPS) is 13.4. The first-order valence-electron chi connectivity index (χ1n) is 7.99. The summed E-state index contributed by atoms with van der Waals surface area (Å²) in [6.45, 7) is 6.48. The molecule has 0 fully saturated rings. The lowest BCUT2D eigenvalue weighted by molar-refractivity contribution is 0.0467. The van der Waals surface area contributed by atoms with E-state index < -0.39 is 5.60 Å². The maximum atomic E-state index is 11.3. The fourth-order valence-corrected chi connectivity index (χ4v) is 2.44. The molecule has 0 aliphatic rings. The summed E-state index contributed by atoms with van der Waals surface area (Å²) < 4.78 is 0. The Labute approximate surface area is 166 Å². The van der Waals surface area contributed by atoms with Gasteiger partial charge in [-0.1, -0.05) is 72.8 Å². The van der Waals surface area contributed by atoms with E-state index in [-0.39, 0.29) is 30.5 Å². The predicted molar refractivity (Wildman–Crippen MR) is 115 cm³/mol. The van der Waals surface area contributed by atoms with Crippen molar-refractivity contribution in [2.45, 2.75) is 18.9 Å². The topological polar surface area (TPSA) is 70.6 Å². The number of halogens is 1. The molecule has 5 heteroatoms. The minimum absolute atomic E-state index is 0. The average Bonchev–Trinajstić information content (AvgIpc) is 2.60. The molecule has 1 atom stereocenters. The van der Waals surface area contributed by atoms with Crippen molar-refractivity contribution in [2.75, 3.05) is 13.1 Å². The molecule has 1 unspecified atom stereocenters. The number of rotatable bonds is 7. The predicted octanol–water partition coefficient (Wildman–Crippen LogP) is 3.22. The molecule has 0 heterocycles. The second kappa shape index (κ2) is 10.2. The highest BCUT2D eigenvalue weighted by Gasteiger charge is 2.29. The number of benzene rings is 2. The van der Waals surface area contributed by atoms with Crippen molar-refractivity contribution < 1.29 is 5.11 Å². The van der Waals surface area contributed by atoms with E-state index >= 15 is 0 Å². The van der Waals surface area contributed by atoms with Crippen molar-refractivity contribution in [3.63, 3.8) is 0 Å². The van der Waals surface area contributed by atoms with Gasteiger partial charge in [-0.05, 0) is 18.1 Å². The van der Waals surface area contributed by atoms with Crippen LogP contribution in [-0.4, -0.2) is 24.2 Å². The van der Waals surface area contributed by atoms with Crippen LogP contribution in [0.1, 0.15) is 18.1 Å². The standard InChI is InChI=1S/C20H25N3O.HI/c1-16(2)14-22-19(21)23-15-20(24,18-11-7-4-8-12-18)13-17-9-5-3-6-10-17;/h3-12,24H,1,13-15H2,2H3,(H3,21,22,23);1H. The van der Waals surface area contributed by atoms with E-state index in [9.17, 15) is 5.11 Å². The number of aliphatic imine (C=N–C) groups is 1. The minimum Gasteiger partial charge on any atom is -0.383 e. The van der Waals surface area contributed by atoms with Crippen molar-refractivity contribution >= 4 is 29.9 Å². The molecule has 0 aliphatic carbocycles. The Bertz CT molecular complexity index is 689. The first-order chi connectivity index (χ1) is 11.5. The average molecular weight is 451 g/mol. The second-order valence-electron chi connectivity index (χ2n) is 6.07. The van der Waals surface area contributed by atoms with Crippen LogP contribution >= 0.6 is 24.0 Å². The molecule has 0 saturated heterocycles. The van der Waals surface area contributed by atoms with Crippen molar-refractivity contribution in [2.24, 2.45) is 10.7 Å². The van der Waals surface area contributed by atoms with Gasteiger partial charge in [0.05, 0.1) is 6.54 Å². The van der Waals surface area contributed by atoms with Crippen molar-refractivity contribution in [1.82, 2.24) is 5.32 Å². The molecular weight excluding hydrogens is 425 g/mol. The van der Waals surface area contributed by atoms with Crippen molar-refractivity contribution in [3.8, 4) is 0 Å². The summed E-state index contributed by atoms with van der Waals surface area (Å²) in [7, 11) is 0. The molecule has 2 rings (SSSR count). The summed E-state index contributed by atoms with van der Waals surface area (Å²) in [4.78, 5) is 4.33. The first-order valence-corrected chi connectivity index (χ1v) is 7.99. The van der Waals surface area contributed by atoms with Crippen LogP contribution in [0.25, 0.3) is 0 Å². The summed E-state index contributed by atoms with van der Waals surface area (Å²) >= 11 is 0. The van der Waals surface area contributed by atoms with Gasteiger partial charge in [-0.15, -0.1) is 24.0 Å². The van der Waals surface area contributed by atoms with Crippen LogP contribution in [-0.2, 0) is 12.0 Å². The molecule has 4 N–H and O–H groups in total. The third-order valence-corrected chi connectivity index (χ3v) is 3.73. The monoisotopic (exact) mass is 451 g/mol. The Morgan fingerprint density at radius 1 is 1.12 bits per heavy atom. The molecular formula is C20H26IN3O. The van der Waals surface area contributed by atoms with Gasteiger partial charge in [0.1, 0.15) is 5.60 Å². The molecule has 4 nitrogen and oxygen atoms in total. The van der Waals surface area contributed by atoms with Gasteiger partial charge in [-0.3, -0.25) is 4.99 Å². The lowest BCUT2D eigenvalue weighted by atomic mass is 9.87. The van der Waals surface area contributed by atoms with Gasteiger partial charge >= 0.3 is 0 Å². The van der Waals surface area contributed by atoms with Crippen LogP contribution in [0, 0.1) is 0 Å². The minimum atomic E-state index is -1.11. The van der Waals surface area contributed by atoms with E-state index in [1.807, 2.05) is 67.6 Å². The molecule has 134 valence electrons. The van der Waals surface area contributed by atoms with Crippen LogP contribution in [0.4, 0.5) is 0 Å². The number of nitrogens with zero attached hydrogens (tertiary/aromatic N) is 1. The number of nitrogens with one attached hydrogen (secondary N) is 1. The molecule has 0 amide bonds. The van der Waals surface area contributed by atoms with Crippen molar-refractivity contribution in [3.05, 3.63) is 83.9 Å². The van der Waals surface area contributed by atoms with Gasteiger partial charge in [0.15, 0.2) is 5.96 Å². The number of guanidine groups is 1. The SMILES string of the molecule is C=C(C)CNC(N)=NCC(O)(Cc1ccccc1)c1ccccc1.I. The van der Waals surface area contributed by atoms with E-state index in [0.29, 0.717) is 18.9 Å². The van der Waals surface area contributed by atoms with Crippen molar-refractivity contribution in [1.29, 1.82) is 0 Å². The van der Waals surface area contributed by atoms with E-state index in [1.165, 1.54) is 0 Å². The van der Waals surface area contributed by atoms with E-state index in [4.69, 9.17) is 5.73 Å². The Kier molecular flexibility index (Phi) is 8.65. The van der Waals surface area contributed by atoms with Crippen LogP contribution in [0.2, 0.25) is 0 Å². The van der Waals surface area contributed by atoms with Gasteiger partial charge < -0.3 is 16.2 Å². The summed E-state index contributed by atoms with van der Waals surface area (Å²) in [5, 5.41) is 14.2. The first kappa shape index (κ1) is 21.2. The van der Waals surface area contributed by atoms with E-state index in [1.54, 1.807) is 0 Å².